The predicted octanol–water partition coefficient (Wildman–Crippen LogP) is 1.58. The van der Waals surface area contributed by atoms with E-state index >= 15 is 0 Å². The Morgan fingerprint density at radius 2 is 2.00 bits per heavy atom. The molecule has 0 spiro atoms. The monoisotopic (exact) mass is 286 g/mol. The number of rotatable bonds is 4. The van der Waals surface area contributed by atoms with E-state index in [1.54, 1.807) is 6.92 Å². The minimum absolute atomic E-state index is 0.0747. The van der Waals surface area contributed by atoms with Gasteiger partial charge in [-0.15, -0.1) is 0 Å². The molecule has 0 aliphatic carbocycles. The Morgan fingerprint density at radius 1 is 1.30 bits per heavy atom. The van der Waals surface area contributed by atoms with Crippen LogP contribution in [0, 0.1) is 0 Å². The first kappa shape index (κ1) is 16.8. The van der Waals surface area contributed by atoms with Crippen LogP contribution >= 0.6 is 0 Å². The SMILES string of the molecule is CCOC(=O)[C@@H]1CCC[C@@H](CNC(=O)OC(C)(C)C)N1. The normalized spacial score (nSPS) is 23.0. The van der Waals surface area contributed by atoms with Gasteiger partial charge in [0.2, 0.25) is 0 Å². The molecule has 1 fully saturated rings. The highest BCUT2D eigenvalue weighted by Gasteiger charge is 2.27. The van der Waals surface area contributed by atoms with Crippen LogP contribution in [0.3, 0.4) is 0 Å². The number of piperidine rings is 1. The van der Waals surface area contributed by atoms with Crippen molar-refractivity contribution in [2.75, 3.05) is 13.2 Å². The summed E-state index contributed by atoms with van der Waals surface area (Å²) in [5.74, 6) is -0.213. The molecule has 6 nitrogen and oxygen atoms in total. The zero-order valence-electron chi connectivity index (χ0n) is 12.8. The standard InChI is InChI=1S/C14H26N2O4/c1-5-19-12(17)11-8-6-7-10(16-11)9-15-13(18)20-14(2,3)4/h10-11,16H,5-9H2,1-4H3,(H,15,18)/t10-,11-/m0/s1. The first-order valence-corrected chi connectivity index (χ1v) is 7.21. The lowest BCUT2D eigenvalue weighted by Gasteiger charge is -2.30. The molecular formula is C14H26N2O4. The van der Waals surface area contributed by atoms with Gasteiger partial charge in [-0.2, -0.15) is 0 Å². The van der Waals surface area contributed by atoms with E-state index in [9.17, 15) is 9.59 Å². The van der Waals surface area contributed by atoms with Gasteiger partial charge in [0.25, 0.3) is 0 Å². The van der Waals surface area contributed by atoms with Gasteiger partial charge in [-0.3, -0.25) is 10.1 Å². The minimum atomic E-state index is -0.502. The molecule has 1 aliphatic rings. The summed E-state index contributed by atoms with van der Waals surface area (Å²) in [6, 6.07) is -0.195. The fraction of sp³-hybridized carbons (Fsp3) is 0.857. The van der Waals surface area contributed by atoms with Gasteiger partial charge in [0.05, 0.1) is 6.61 Å². The van der Waals surface area contributed by atoms with Crippen molar-refractivity contribution in [3.63, 3.8) is 0 Å². The van der Waals surface area contributed by atoms with Crippen LogP contribution in [-0.4, -0.2) is 42.9 Å². The molecule has 0 aromatic rings. The number of hydrogen-bond donors (Lipinski definition) is 2. The Kier molecular flexibility index (Phi) is 6.26. The first-order chi connectivity index (χ1) is 9.31. The van der Waals surface area contributed by atoms with Crippen LogP contribution in [0.5, 0.6) is 0 Å². The van der Waals surface area contributed by atoms with E-state index in [2.05, 4.69) is 10.6 Å². The van der Waals surface area contributed by atoms with Gasteiger partial charge in [0.15, 0.2) is 0 Å². The molecule has 0 aromatic carbocycles. The second kappa shape index (κ2) is 7.47. The van der Waals surface area contributed by atoms with Crippen LogP contribution in [0.15, 0.2) is 0 Å². The summed E-state index contributed by atoms with van der Waals surface area (Å²) < 4.78 is 10.2. The number of alkyl carbamates (subject to hydrolysis) is 1. The summed E-state index contributed by atoms with van der Waals surface area (Å²) in [6.45, 7) is 8.09. The molecule has 0 radical (unpaired) electrons. The van der Waals surface area contributed by atoms with Crippen LogP contribution in [0.1, 0.15) is 47.0 Å². The average Bonchev–Trinajstić information content (AvgIpc) is 2.35. The zero-order chi connectivity index (χ0) is 15.2. The topological polar surface area (TPSA) is 76.7 Å². The number of ether oxygens (including phenoxy) is 2. The van der Waals surface area contributed by atoms with E-state index in [1.807, 2.05) is 20.8 Å². The summed E-state index contributed by atoms with van der Waals surface area (Å²) in [5, 5.41) is 5.94. The summed E-state index contributed by atoms with van der Waals surface area (Å²) in [7, 11) is 0. The van der Waals surface area contributed by atoms with Gasteiger partial charge >= 0.3 is 12.1 Å². The number of carbonyl (C=O) groups is 2. The number of esters is 1. The molecule has 0 saturated carbocycles. The van der Waals surface area contributed by atoms with Crippen LogP contribution in [0.25, 0.3) is 0 Å². The highest BCUT2D eigenvalue weighted by molar-refractivity contribution is 5.76. The molecule has 2 N–H and O–H groups in total. The van der Waals surface area contributed by atoms with E-state index in [0.29, 0.717) is 13.2 Å². The number of hydrogen-bond acceptors (Lipinski definition) is 5. The Labute approximate surface area is 120 Å². The van der Waals surface area contributed by atoms with E-state index < -0.39 is 11.7 Å². The molecule has 1 amide bonds. The molecule has 0 bridgehead atoms. The maximum Gasteiger partial charge on any atom is 0.407 e. The lowest BCUT2D eigenvalue weighted by molar-refractivity contribution is -0.146. The number of carbonyl (C=O) groups excluding carboxylic acids is 2. The third kappa shape index (κ3) is 6.23. The van der Waals surface area contributed by atoms with E-state index in [0.717, 1.165) is 19.3 Å². The largest absolute Gasteiger partial charge is 0.465 e. The molecule has 116 valence electrons. The van der Waals surface area contributed by atoms with E-state index in [1.165, 1.54) is 0 Å². The zero-order valence-corrected chi connectivity index (χ0v) is 12.8. The van der Waals surface area contributed by atoms with Gasteiger partial charge in [-0.25, -0.2) is 4.79 Å². The second-order valence-electron chi connectivity index (χ2n) is 5.98. The van der Waals surface area contributed by atoms with Crippen molar-refractivity contribution in [3.8, 4) is 0 Å². The van der Waals surface area contributed by atoms with Crippen LogP contribution in [0.2, 0.25) is 0 Å². The van der Waals surface area contributed by atoms with Gasteiger partial charge in [-0.1, -0.05) is 0 Å². The highest BCUT2D eigenvalue weighted by Crippen LogP contribution is 2.14. The van der Waals surface area contributed by atoms with E-state index in [4.69, 9.17) is 9.47 Å². The van der Waals surface area contributed by atoms with Crippen molar-refractivity contribution in [1.29, 1.82) is 0 Å². The Balaban J connectivity index is 2.33. The summed E-state index contributed by atoms with van der Waals surface area (Å²) in [6.07, 6.45) is 2.21. The second-order valence-corrected chi connectivity index (χ2v) is 5.98. The van der Waals surface area contributed by atoms with Crippen molar-refractivity contribution in [2.24, 2.45) is 0 Å². The molecule has 1 heterocycles. The molecule has 0 aromatic heterocycles. The quantitative estimate of drug-likeness (QED) is 0.767. The molecule has 6 heteroatoms. The van der Waals surface area contributed by atoms with Crippen molar-refractivity contribution < 1.29 is 19.1 Å². The summed E-state index contributed by atoms with van der Waals surface area (Å²) >= 11 is 0. The third-order valence-corrected chi connectivity index (χ3v) is 2.95. The first-order valence-electron chi connectivity index (χ1n) is 7.21. The summed E-state index contributed by atoms with van der Waals surface area (Å²) in [5.41, 5.74) is -0.502. The van der Waals surface area contributed by atoms with Crippen molar-refractivity contribution in [1.82, 2.24) is 10.6 Å². The van der Waals surface area contributed by atoms with Crippen LogP contribution in [0.4, 0.5) is 4.79 Å². The molecule has 20 heavy (non-hydrogen) atoms. The molecule has 1 aliphatic heterocycles. The minimum Gasteiger partial charge on any atom is -0.465 e. The van der Waals surface area contributed by atoms with Crippen molar-refractivity contribution in [3.05, 3.63) is 0 Å². The van der Waals surface area contributed by atoms with Gasteiger partial charge in [0.1, 0.15) is 11.6 Å². The molecule has 0 unspecified atom stereocenters. The Hall–Kier alpha value is -1.30. The van der Waals surface area contributed by atoms with Gasteiger partial charge < -0.3 is 14.8 Å². The molecule has 2 atom stereocenters. The maximum atomic E-state index is 11.7. The molecular weight excluding hydrogens is 260 g/mol. The number of amides is 1. The maximum absolute atomic E-state index is 11.7. The smallest absolute Gasteiger partial charge is 0.407 e. The van der Waals surface area contributed by atoms with Gasteiger partial charge in [-0.05, 0) is 47.0 Å². The fourth-order valence-electron chi connectivity index (χ4n) is 2.13. The van der Waals surface area contributed by atoms with E-state index in [-0.39, 0.29) is 18.1 Å². The summed E-state index contributed by atoms with van der Waals surface area (Å²) in [4.78, 5) is 23.2. The molecule has 1 rings (SSSR count). The lowest BCUT2D eigenvalue weighted by Crippen LogP contribution is -2.52. The Bertz CT molecular complexity index is 339. The van der Waals surface area contributed by atoms with Crippen molar-refractivity contribution in [2.45, 2.75) is 64.6 Å². The predicted molar refractivity (Wildman–Crippen MR) is 75.4 cm³/mol. The average molecular weight is 286 g/mol. The van der Waals surface area contributed by atoms with Crippen molar-refractivity contribution >= 4 is 12.1 Å². The lowest BCUT2D eigenvalue weighted by atomic mass is 9.98. The van der Waals surface area contributed by atoms with Crippen LogP contribution in [-0.2, 0) is 14.3 Å². The number of nitrogens with one attached hydrogen (secondary N) is 2. The fourth-order valence-corrected chi connectivity index (χ4v) is 2.13. The van der Waals surface area contributed by atoms with Crippen LogP contribution < -0.4 is 10.6 Å². The highest BCUT2D eigenvalue weighted by atomic mass is 16.6. The molecule has 1 saturated heterocycles. The van der Waals surface area contributed by atoms with Gasteiger partial charge in [0, 0.05) is 12.6 Å². The Morgan fingerprint density at radius 3 is 2.60 bits per heavy atom. The third-order valence-electron chi connectivity index (χ3n) is 2.95.